The molecule has 0 radical (unpaired) electrons. The van der Waals surface area contributed by atoms with Crippen molar-refractivity contribution in [3.05, 3.63) is 25.3 Å². The maximum Gasteiger partial charge on any atom is 0.237 e. The Morgan fingerprint density at radius 2 is 0.875 bits per heavy atom. The lowest BCUT2D eigenvalue weighted by Crippen LogP contribution is -2.77. The Bertz CT molecular complexity index is 613. The molecule has 0 N–H and O–H groups in total. The Labute approximate surface area is 141 Å². The molecule has 4 amide bonds. The fourth-order valence-electron chi connectivity index (χ4n) is 5.50. The Balaban J connectivity index is 2.26. The molecule has 2 aliphatic heterocycles. The topological polar surface area (TPSA) is 74.8 Å². The highest BCUT2D eigenvalue weighted by Crippen LogP contribution is 2.83. The van der Waals surface area contributed by atoms with Crippen LogP contribution in [-0.4, -0.2) is 46.5 Å². The van der Waals surface area contributed by atoms with Gasteiger partial charge >= 0.3 is 0 Å². The Morgan fingerprint density at radius 3 is 1.04 bits per heavy atom. The van der Waals surface area contributed by atoms with Crippen LogP contribution in [0.1, 0.15) is 27.7 Å². The summed E-state index contributed by atoms with van der Waals surface area (Å²) in [5.41, 5.74) is -5.01. The van der Waals surface area contributed by atoms with Crippen LogP contribution >= 0.6 is 0 Å². The fraction of sp³-hybridized carbons (Fsp3) is 0.556. The van der Waals surface area contributed by atoms with E-state index in [1.54, 1.807) is 27.7 Å². The number of fused-ring (bicyclic) bond motifs is 4. The van der Waals surface area contributed by atoms with Gasteiger partial charge < -0.3 is 0 Å². The van der Waals surface area contributed by atoms with E-state index in [2.05, 4.69) is 13.2 Å². The summed E-state index contributed by atoms with van der Waals surface area (Å²) in [6.07, 6.45) is 2.95. The molecule has 6 nitrogen and oxygen atoms in total. The Kier molecular flexibility index (Phi) is 2.93. The van der Waals surface area contributed by atoms with Gasteiger partial charge in [0.15, 0.2) is 0 Å². The van der Waals surface area contributed by atoms with Gasteiger partial charge in [0.05, 0.1) is 21.7 Å². The molecule has 1 aliphatic carbocycles. The molecule has 0 aromatic carbocycles. The first-order chi connectivity index (χ1) is 11.0. The number of hydrogen-bond acceptors (Lipinski definition) is 4. The fourth-order valence-corrected chi connectivity index (χ4v) is 5.50. The second kappa shape index (κ2) is 4.23. The second-order valence-corrected chi connectivity index (χ2v) is 7.52. The van der Waals surface area contributed by atoms with Crippen LogP contribution in [-0.2, 0) is 19.2 Å². The van der Waals surface area contributed by atoms with Crippen LogP contribution in [0.25, 0.3) is 0 Å². The minimum absolute atomic E-state index is 0.0771. The minimum atomic E-state index is -1.25. The summed E-state index contributed by atoms with van der Waals surface area (Å²) in [7, 11) is 0. The van der Waals surface area contributed by atoms with Crippen LogP contribution in [0.4, 0.5) is 0 Å². The van der Waals surface area contributed by atoms with Crippen molar-refractivity contribution in [2.75, 3.05) is 13.1 Å². The van der Waals surface area contributed by atoms with Crippen LogP contribution in [0.15, 0.2) is 25.3 Å². The molecule has 3 aliphatic rings. The van der Waals surface area contributed by atoms with E-state index >= 15 is 0 Å². The number of carbonyl (C=O) groups excluding carboxylic acids is 4. The molecule has 0 atom stereocenters. The molecule has 3 rings (SSSR count). The zero-order valence-electron chi connectivity index (χ0n) is 14.5. The SMILES string of the molecule is C=CCN1C(=O)C2(C)C(C)(C1=O)C1(C)C(=O)N(CC=C)C(=O)C21C. The van der Waals surface area contributed by atoms with Gasteiger partial charge in [-0.2, -0.15) is 0 Å². The van der Waals surface area contributed by atoms with Gasteiger partial charge in [0.2, 0.25) is 23.6 Å². The van der Waals surface area contributed by atoms with Gasteiger partial charge in [-0.15, -0.1) is 13.2 Å². The van der Waals surface area contributed by atoms with Gasteiger partial charge in [0, 0.05) is 13.1 Å². The van der Waals surface area contributed by atoms with Crippen LogP contribution in [0.2, 0.25) is 0 Å². The van der Waals surface area contributed by atoms with E-state index in [1.807, 2.05) is 0 Å². The summed E-state index contributed by atoms with van der Waals surface area (Å²) in [6.45, 7) is 13.9. The van der Waals surface area contributed by atoms with Crippen molar-refractivity contribution in [2.24, 2.45) is 21.7 Å². The lowest BCUT2D eigenvalue weighted by molar-refractivity contribution is -0.243. The third-order valence-electron chi connectivity index (χ3n) is 7.31. The number of rotatable bonds is 4. The average Bonchev–Trinajstić information content (AvgIpc) is 2.78. The Hall–Kier alpha value is -2.24. The van der Waals surface area contributed by atoms with E-state index in [-0.39, 0.29) is 13.1 Å². The summed E-state index contributed by atoms with van der Waals surface area (Å²) in [6, 6.07) is 0. The van der Waals surface area contributed by atoms with E-state index in [9.17, 15) is 19.2 Å². The second-order valence-electron chi connectivity index (χ2n) is 7.52. The summed E-state index contributed by atoms with van der Waals surface area (Å²) in [5.74, 6) is -1.62. The van der Waals surface area contributed by atoms with Crippen molar-refractivity contribution >= 4 is 23.6 Å². The van der Waals surface area contributed by atoms with E-state index < -0.39 is 45.3 Å². The zero-order chi connectivity index (χ0) is 18.3. The van der Waals surface area contributed by atoms with Crippen LogP contribution in [0.3, 0.4) is 0 Å². The highest BCUT2D eigenvalue weighted by atomic mass is 16.2. The molecule has 0 aromatic rings. The van der Waals surface area contributed by atoms with Gasteiger partial charge in [-0.25, -0.2) is 0 Å². The molecule has 0 spiro atoms. The first-order valence-corrected chi connectivity index (χ1v) is 7.98. The molecular weight excluding hydrogens is 308 g/mol. The van der Waals surface area contributed by atoms with Gasteiger partial charge in [0.1, 0.15) is 0 Å². The maximum absolute atomic E-state index is 13.1. The van der Waals surface area contributed by atoms with Gasteiger partial charge in [-0.1, -0.05) is 12.2 Å². The monoisotopic (exact) mass is 330 g/mol. The zero-order valence-corrected chi connectivity index (χ0v) is 14.5. The van der Waals surface area contributed by atoms with Crippen molar-refractivity contribution in [1.29, 1.82) is 0 Å². The van der Waals surface area contributed by atoms with Gasteiger partial charge in [-0.05, 0) is 27.7 Å². The number of imide groups is 2. The predicted octanol–water partition coefficient (Wildman–Crippen LogP) is 1.13. The van der Waals surface area contributed by atoms with E-state index in [0.717, 1.165) is 9.80 Å². The first kappa shape index (κ1) is 16.6. The third-order valence-corrected chi connectivity index (χ3v) is 7.31. The summed E-state index contributed by atoms with van der Waals surface area (Å²) in [5, 5.41) is 0. The standard InChI is InChI=1S/C18H22N2O4/c1-7-9-19-11(21)15(3)16(4,12(19)22)18(6)14(24)20(10-8-2)13(23)17(15,18)5/h7-8H,1-2,9-10H2,3-6H3. The Morgan fingerprint density at radius 1 is 0.667 bits per heavy atom. The van der Waals surface area contributed by atoms with Crippen molar-refractivity contribution in [2.45, 2.75) is 27.7 Å². The van der Waals surface area contributed by atoms with Crippen molar-refractivity contribution in [3.8, 4) is 0 Å². The van der Waals surface area contributed by atoms with Crippen LogP contribution in [0.5, 0.6) is 0 Å². The molecular formula is C18H22N2O4. The maximum atomic E-state index is 13.1. The van der Waals surface area contributed by atoms with Crippen LogP contribution in [0, 0.1) is 21.7 Å². The quantitative estimate of drug-likeness (QED) is 0.572. The smallest absolute Gasteiger partial charge is 0.237 e. The normalized spacial score (nSPS) is 43.7. The number of amides is 4. The van der Waals surface area contributed by atoms with E-state index in [1.165, 1.54) is 12.2 Å². The highest BCUT2D eigenvalue weighted by Gasteiger charge is 2.96. The third kappa shape index (κ3) is 1.09. The molecule has 0 bridgehead atoms. The van der Waals surface area contributed by atoms with Gasteiger partial charge in [0.25, 0.3) is 0 Å². The molecule has 2 saturated heterocycles. The first-order valence-electron chi connectivity index (χ1n) is 7.98. The number of likely N-dealkylation sites (tertiary alicyclic amines) is 2. The molecule has 0 aromatic heterocycles. The molecule has 3 fully saturated rings. The summed E-state index contributed by atoms with van der Waals surface area (Å²) in [4.78, 5) is 54.5. The van der Waals surface area contributed by atoms with Crippen molar-refractivity contribution in [3.63, 3.8) is 0 Å². The lowest BCUT2D eigenvalue weighted by Gasteiger charge is -2.67. The average molecular weight is 330 g/mol. The number of carbonyl (C=O) groups is 4. The van der Waals surface area contributed by atoms with Crippen molar-refractivity contribution in [1.82, 2.24) is 9.80 Å². The molecule has 2 heterocycles. The molecule has 0 unspecified atom stereocenters. The number of hydrogen-bond donors (Lipinski definition) is 0. The predicted molar refractivity (Wildman–Crippen MR) is 86.3 cm³/mol. The largest absolute Gasteiger partial charge is 0.278 e. The van der Waals surface area contributed by atoms with E-state index in [0.29, 0.717) is 0 Å². The summed E-state index contributed by atoms with van der Waals surface area (Å²) >= 11 is 0. The lowest BCUT2D eigenvalue weighted by atomic mass is 9.27. The van der Waals surface area contributed by atoms with E-state index in [4.69, 9.17) is 0 Å². The number of nitrogens with zero attached hydrogens (tertiary/aromatic N) is 2. The van der Waals surface area contributed by atoms with Crippen molar-refractivity contribution < 1.29 is 19.2 Å². The minimum Gasteiger partial charge on any atom is -0.278 e. The van der Waals surface area contributed by atoms with Crippen LogP contribution < -0.4 is 0 Å². The molecule has 128 valence electrons. The molecule has 24 heavy (non-hydrogen) atoms. The summed E-state index contributed by atoms with van der Waals surface area (Å²) < 4.78 is 0. The van der Waals surface area contributed by atoms with Gasteiger partial charge in [-0.3, -0.25) is 29.0 Å². The molecule has 6 heteroatoms. The highest BCUT2D eigenvalue weighted by molar-refractivity contribution is 6.24. The molecule has 1 saturated carbocycles.